The minimum Gasteiger partial charge on any atom is -0.347 e. The molecule has 0 aliphatic rings. The fourth-order valence-corrected chi connectivity index (χ4v) is 2.76. The van der Waals surface area contributed by atoms with Crippen molar-refractivity contribution in [2.75, 3.05) is 0 Å². The van der Waals surface area contributed by atoms with Crippen LogP contribution in [0, 0.1) is 6.92 Å². The lowest BCUT2D eigenvalue weighted by atomic mass is 10.1. The molecule has 0 aliphatic heterocycles. The average Bonchev–Trinajstić information content (AvgIpc) is 3.00. The topological polar surface area (TPSA) is 67.8 Å². The molecule has 0 bridgehead atoms. The number of amides is 1. The maximum atomic E-state index is 12.1. The van der Waals surface area contributed by atoms with E-state index in [1.807, 2.05) is 31.2 Å². The summed E-state index contributed by atoms with van der Waals surface area (Å²) in [5, 5.41) is 2.91. The summed E-state index contributed by atoms with van der Waals surface area (Å²) in [7, 11) is 0. The molecule has 0 aliphatic carbocycles. The summed E-state index contributed by atoms with van der Waals surface area (Å²) in [5.74, 6) is -0.0975. The van der Waals surface area contributed by atoms with E-state index in [4.69, 9.17) is 0 Å². The molecule has 0 saturated carbocycles. The van der Waals surface area contributed by atoms with Crippen LogP contribution < -0.4 is 5.32 Å². The van der Waals surface area contributed by atoms with Gasteiger partial charge in [-0.2, -0.15) is 0 Å². The molecule has 6 heteroatoms. The number of carbonyl (C=O) groups excluding carboxylic acids is 1. The van der Waals surface area contributed by atoms with Gasteiger partial charge in [0.25, 0.3) is 5.91 Å². The van der Waals surface area contributed by atoms with Crippen LogP contribution in [0.2, 0.25) is 0 Å². The molecule has 0 fully saturated rings. The minimum atomic E-state index is -0.0975. The van der Waals surface area contributed by atoms with Crippen molar-refractivity contribution in [1.82, 2.24) is 20.3 Å². The Morgan fingerprint density at radius 2 is 2.18 bits per heavy atom. The highest BCUT2D eigenvalue weighted by Gasteiger charge is 2.11. The highest BCUT2D eigenvalue weighted by molar-refractivity contribution is 7.11. The quantitative estimate of drug-likeness (QED) is 0.804. The lowest BCUT2D eigenvalue weighted by Gasteiger charge is -2.06. The van der Waals surface area contributed by atoms with Gasteiger partial charge in [0.1, 0.15) is 4.88 Å². The molecule has 5 nitrogen and oxygen atoms in total. The summed E-state index contributed by atoms with van der Waals surface area (Å²) in [6, 6.07) is 7.67. The molecule has 0 spiro atoms. The lowest BCUT2D eigenvalue weighted by molar-refractivity contribution is 0.0954. The summed E-state index contributed by atoms with van der Waals surface area (Å²) >= 11 is 1.35. The van der Waals surface area contributed by atoms with E-state index in [-0.39, 0.29) is 5.91 Å². The Labute approximate surface area is 132 Å². The van der Waals surface area contributed by atoms with Crippen molar-refractivity contribution in [3.63, 3.8) is 0 Å². The van der Waals surface area contributed by atoms with E-state index in [2.05, 4.69) is 20.3 Å². The first-order chi connectivity index (χ1) is 10.7. The number of aromatic nitrogens is 3. The molecule has 1 N–H and O–H groups in total. The van der Waals surface area contributed by atoms with Crippen LogP contribution in [0.25, 0.3) is 11.3 Å². The van der Waals surface area contributed by atoms with E-state index in [0.29, 0.717) is 11.4 Å². The van der Waals surface area contributed by atoms with Gasteiger partial charge in [-0.05, 0) is 36.8 Å². The molecule has 0 radical (unpaired) electrons. The highest BCUT2D eigenvalue weighted by Crippen LogP contribution is 2.16. The van der Waals surface area contributed by atoms with Gasteiger partial charge >= 0.3 is 0 Å². The monoisotopic (exact) mass is 310 g/mol. The molecule has 3 heterocycles. The SMILES string of the molecule is Cc1ncsc1C(=O)NCc1ccnc(-c2cccnc2)c1. The minimum absolute atomic E-state index is 0.0975. The van der Waals surface area contributed by atoms with E-state index < -0.39 is 0 Å². The second-order valence-corrected chi connectivity index (χ2v) is 5.60. The van der Waals surface area contributed by atoms with Crippen LogP contribution in [0.5, 0.6) is 0 Å². The van der Waals surface area contributed by atoms with Gasteiger partial charge < -0.3 is 5.32 Å². The summed E-state index contributed by atoms with van der Waals surface area (Å²) in [5.41, 5.74) is 5.22. The molecule has 110 valence electrons. The summed E-state index contributed by atoms with van der Waals surface area (Å²) in [6.45, 7) is 2.28. The lowest BCUT2D eigenvalue weighted by Crippen LogP contribution is -2.22. The van der Waals surface area contributed by atoms with Gasteiger partial charge in [0.15, 0.2) is 0 Å². The number of thiazole rings is 1. The number of aryl methyl sites for hydroxylation is 1. The normalized spacial score (nSPS) is 10.4. The summed E-state index contributed by atoms with van der Waals surface area (Å²) in [4.78, 5) is 25.3. The number of rotatable bonds is 4. The first kappa shape index (κ1) is 14.3. The molecule has 22 heavy (non-hydrogen) atoms. The zero-order chi connectivity index (χ0) is 15.4. The Morgan fingerprint density at radius 1 is 1.27 bits per heavy atom. The van der Waals surface area contributed by atoms with Crippen LogP contribution in [0.1, 0.15) is 20.9 Å². The Balaban J connectivity index is 1.71. The molecule has 0 atom stereocenters. The van der Waals surface area contributed by atoms with Crippen molar-refractivity contribution in [1.29, 1.82) is 0 Å². The molecule has 3 rings (SSSR count). The van der Waals surface area contributed by atoms with Crippen molar-refractivity contribution in [2.24, 2.45) is 0 Å². The molecular weight excluding hydrogens is 296 g/mol. The Kier molecular flexibility index (Phi) is 4.20. The van der Waals surface area contributed by atoms with Crippen LogP contribution in [0.3, 0.4) is 0 Å². The predicted octanol–water partition coefficient (Wildman–Crippen LogP) is 2.84. The standard InChI is InChI=1S/C16H14N4OS/c1-11-15(22-10-20-11)16(21)19-8-12-4-6-18-14(7-12)13-3-2-5-17-9-13/h2-7,9-10H,8H2,1H3,(H,19,21). The molecule has 0 unspecified atom stereocenters. The first-order valence-electron chi connectivity index (χ1n) is 6.77. The van der Waals surface area contributed by atoms with Crippen LogP contribution >= 0.6 is 11.3 Å². The van der Waals surface area contributed by atoms with Crippen molar-refractivity contribution in [3.05, 3.63) is 64.5 Å². The van der Waals surface area contributed by atoms with Crippen LogP contribution in [-0.2, 0) is 6.54 Å². The van der Waals surface area contributed by atoms with Gasteiger partial charge in [-0.25, -0.2) is 4.98 Å². The van der Waals surface area contributed by atoms with Crippen LogP contribution in [0.4, 0.5) is 0 Å². The molecule has 0 aromatic carbocycles. The van der Waals surface area contributed by atoms with Crippen molar-refractivity contribution in [3.8, 4) is 11.3 Å². The second-order valence-electron chi connectivity index (χ2n) is 4.74. The molecule has 0 saturated heterocycles. The molecule has 1 amide bonds. The number of hydrogen-bond acceptors (Lipinski definition) is 5. The van der Waals surface area contributed by atoms with Gasteiger partial charge in [-0.1, -0.05) is 0 Å². The number of nitrogens with one attached hydrogen (secondary N) is 1. The maximum absolute atomic E-state index is 12.1. The Hall–Kier alpha value is -2.60. The van der Waals surface area contributed by atoms with Gasteiger partial charge in [0.2, 0.25) is 0 Å². The Morgan fingerprint density at radius 3 is 2.91 bits per heavy atom. The molecule has 3 aromatic heterocycles. The number of hydrogen-bond donors (Lipinski definition) is 1. The Bertz CT molecular complexity index is 786. The van der Waals surface area contributed by atoms with E-state index in [0.717, 1.165) is 22.5 Å². The molecular formula is C16H14N4OS. The number of carbonyl (C=O) groups is 1. The van der Waals surface area contributed by atoms with E-state index in [1.165, 1.54) is 11.3 Å². The smallest absolute Gasteiger partial charge is 0.263 e. The molecule has 3 aromatic rings. The average molecular weight is 310 g/mol. The van der Waals surface area contributed by atoms with E-state index in [1.54, 1.807) is 24.1 Å². The largest absolute Gasteiger partial charge is 0.347 e. The number of nitrogens with zero attached hydrogens (tertiary/aromatic N) is 3. The predicted molar refractivity (Wildman–Crippen MR) is 85.5 cm³/mol. The highest BCUT2D eigenvalue weighted by atomic mass is 32.1. The van der Waals surface area contributed by atoms with Crippen LogP contribution in [0.15, 0.2) is 48.4 Å². The first-order valence-corrected chi connectivity index (χ1v) is 7.65. The van der Waals surface area contributed by atoms with Gasteiger partial charge in [-0.3, -0.25) is 14.8 Å². The fourth-order valence-electron chi connectivity index (χ4n) is 2.04. The fraction of sp³-hybridized carbons (Fsp3) is 0.125. The zero-order valence-electron chi connectivity index (χ0n) is 12.0. The summed E-state index contributed by atoms with van der Waals surface area (Å²) in [6.07, 6.45) is 5.23. The van der Waals surface area contributed by atoms with Crippen molar-refractivity contribution < 1.29 is 4.79 Å². The second kappa shape index (κ2) is 6.44. The third-order valence-electron chi connectivity index (χ3n) is 3.19. The summed E-state index contributed by atoms with van der Waals surface area (Å²) < 4.78 is 0. The van der Waals surface area contributed by atoms with Crippen LogP contribution in [-0.4, -0.2) is 20.9 Å². The zero-order valence-corrected chi connectivity index (χ0v) is 12.8. The third kappa shape index (κ3) is 3.17. The third-order valence-corrected chi connectivity index (χ3v) is 4.11. The van der Waals surface area contributed by atoms with E-state index >= 15 is 0 Å². The van der Waals surface area contributed by atoms with Gasteiger partial charge in [-0.15, -0.1) is 11.3 Å². The number of pyridine rings is 2. The van der Waals surface area contributed by atoms with Crippen molar-refractivity contribution >= 4 is 17.2 Å². The van der Waals surface area contributed by atoms with Gasteiger partial charge in [0.05, 0.1) is 16.9 Å². The van der Waals surface area contributed by atoms with Crippen molar-refractivity contribution in [2.45, 2.75) is 13.5 Å². The van der Waals surface area contributed by atoms with Gasteiger partial charge in [0, 0.05) is 30.7 Å². The maximum Gasteiger partial charge on any atom is 0.263 e. The van der Waals surface area contributed by atoms with E-state index in [9.17, 15) is 4.79 Å².